The molecule has 0 spiro atoms. The molecule has 3 N–H and O–H groups in total. The first-order valence-electron chi connectivity index (χ1n) is 7.23. The first kappa shape index (κ1) is 15.3. The van der Waals surface area contributed by atoms with E-state index >= 15 is 0 Å². The van der Waals surface area contributed by atoms with E-state index < -0.39 is 0 Å². The summed E-state index contributed by atoms with van der Waals surface area (Å²) in [5, 5.41) is 3.06. The van der Waals surface area contributed by atoms with Crippen LogP contribution < -0.4 is 11.1 Å². The number of carbonyl (C=O) groups is 1. The molecule has 3 nitrogen and oxygen atoms in total. The Morgan fingerprint density at radius 3 is 2.33 bits per heavy atom. The van der Waals surface area contributed by atoms with Crippen LogP contribution in [0.2, 0.25) is 0 Å². The van der Waals surface area contributed by atoms with Crippen LogP contribution in [-0.4, -0.2) is 12.5 Å². The molecule has 2 aromatic carbocycles. The highest BCUT2D eigenvalue weighted by atomic mass is 16.1. The maximum atomic E-state index is 11.8. The maximum Gasteiger partial charge on any atom is 0.234 e. The smallest absolute Gasteiger partial charge is 0.234 e. The van der Waals surface area contributed by atoms with Crippen molar-refractivity contribution < 1.29 is 4.79 Å². The molecule has 21 heavy (non-hydrogen) atoms. The first-order chi connectivity index (χ1) is 10.1. The summed E-state index contributed by atoms with van der Waals surface area (Å²) in [6.45, 7) is 4.20. The van der Waals surface area contributed by atoms with Gasteiger partial charge in [0.2, 0.25) is 5.91 Å². The van der Waals surface area contributed by atoms with Crippen LogP contribution in [0.3, 0.4) is 0 Å². The second kappa shape index (κ2) is 7.04. The van der Waals surface area contributed by atoms with Gasteiger partial charge in [0.05, 0.1) is 12.6 Å². The van der Waals surface area contributed by atoms with Crippen LogP contribution in [0.25, 0.3) is 0 Å². The molecule has 1 amide bonds. The summed E-state index contributed by atoms with van der Waals surface area (Å²) in [7, 11) is 0. The molecule has 0 bridgehead atoms. The van der Waals surface area contributed by atoms with E-state index in [1.54, 1.807) is 0 Å². The molecule has 0 aliphatic carbocycles. The Hall–Kier alpha value is -2.13. The lowest BCUT2D eigenvalue weighted by molar-refractivity contribution is -0.120. The third kappa shape index (κ3) is 3.70. The summed E-state index contributed by atoms with van der Waals surface area (Å²) in [5.74, 6) is 0.0360. The van der Waals surface area contributed by atoms with Gasteiger partial charge in [-0.25, -0.2) is 0 Å². The Labute approximate surface area is 126 Å². The minimum atomic E-state index is -0.133. The molecule has 110 valence electrons. The molecule has 2 aromatic rings. The van der Waals surface area contributed by atoms with Gasteiger partial charge in [0.25, 0.3) is 0 Å². The van der Waals surface area contributed by atoms with Crippen molar-refractivity contribution in [3.8, 4) is 0 Å². The molecule has 0 aromatic heterocycles. The molecule has 0 aliphatic rings. The van der Waals surface area contributed by atoms with Crippen LogP contribution in [0.15, 0.2) is 54.6 Å². The highest BCUT2D eigenvalue weighted by Crippen LogP contribution is 2.32. The van der Waals surface area contributed by atoms with Crippen molar-refractivity contribution in [3.05, 3.63) is 71.3 Å². The number of hydrogen-bond donors (Lipinski definition) is 2. The highest BCUT2D eigenvalue weighted by molar-refractivity contribution is 5.78. The topological polar surface area (TPSA) is 55.1 Å². The largest absolute Gasteiger partial charge is 0.348 e. The van der Waals surface area contributed by atoms with Gasteiger partial charge in [-0.15, -0.1) is 0 Å². The summed E-state index contributed by atoms with van der Waals surface area (Å²) < 4.78 is 0. The molecule has 2 unspecified atom stereocenters. The fraction of sp³-hybridized carbons (Fsp3) is 0.278. The molecular formula is C18H22N2O. The SMILES string of the molecule is Cc1ccccc1C(NC(=O)CN)C(C)c1ccccc1. The molecule has 2 rings (SSSR count). The number of rotatable bonds is 5. The molecule has 2 atom stereocenters. The Bertz CT molecular complexity index is 595. The molecule has 0 fully saturated rings. The van der Waals surface area contributed by atoms with Crippen molar-refractivity contribution in [1.29, 1.82) is 0 Å². The minimum absolute atomic E-state index is 0.00386. The Kier molecular flexibility index (Phi) is 5.12. The quantitative estimate of drug-likeness (QED) is 0.886. The fourth-order valence-corrected chi connectivity index (χ4v) is 2.59. The second-order valence-electron chi connectivity index (χ2n) is 5.31. The van der Waals surface area contributed by atoms with E-state index in [2.05, 4.69) is 43.4 Å². The van der Waals surface area contributed by atoms with Crippen LogP contribution in [0.5, 0.6) is 0 Å². The Morgan fingerprint density at radius 2 is 1.71 bits per heavy atom. The van der Waals surface area contributed by atoms with Gasteiger partial charge >= 0.3 is 0 Å². The van der Waals surface area contributed by atoms with E-state index in [9.17, 15) is 4.79 Å². The molecule has 0 heterocycles. The normalized spacial score (nSPS) is 13.5. The van der Waals surface area contributed by atoms with Crippen LogP contribution in [0.1, 0.15) is 35.6 Å². The average Bonchev–Trinajstić information content (AvgIpc) is 2.53. The van der Waals surface area contributed by atoms with E-state index in [1.165, 1.54) is 11.1 Å². The number of amides is 1. The predicted octanol–water partition coefficient (Wildman–Crippen LogP) is 2.91. The van der Waals surface area contributed by atoms with Crippen LogP contribution in [-0.2, 0) is 4.79 Å². The van der Waals surface area contributed by atoms with Gasteiger partial charge in [-0.3, -0.25) is 4.79 Å². The zero-order valence-corrected chi connectivity index (χ0v) is 12.5. The summed E-state index contributed by atoms with van der Waals surface area (Å²) >= 11 is 0. The van der Waals surface area contributed by atoms with Crippen molar-refractivity contribution in [2.45, 2.75) is 25.8 Å². The summed E-state index contributed by atoms with van der Waals surface area (Å²) in [5.41, 5.74) is 8.96. The van der Waals surface area contributed by atoms with Crippen molar-refractivity contribution in [2.75, 3.05) is 6.54 Å². The van der Waals surface area contributed by atoms with E-state index in [0.717, 1.165) is 5.56 Å². The Balaban J connectivity index is 2.37. The monoisotopic (exact) mass is 282 g/mol. The molecule has 0 saturated heterocycles. The van der Waals surface area contributed by atoms with E-state index in [0.29, 0.717) is 0 Å². The number of carbonyl (C=O) groups excluding carboxylic acids is 1. The zero-order valence-electron chi connectivity index (χ0n) is 12.5. The predicted molar refractivity (Wildman–Crippen MR) is 86.0 cm³/mol. The third-order valence-corrected chi connectivity index (χ3v) is 3.85. The van der Waals surface area contributed by atoms with Crippen molar-refractivity contribution in [2.24, 2.45) is 5.73 Å². The lowest BCUT2D eigenvalue weighted by Gasteiger charge is -2.27. The van der Waals surface area contributed by atoms with Crippen molar-refractivity contribution in [1.82, 2.24) is 5.32 Å². The van der Waals surface area contributed by atoms with Gasteiger partial charge in [-0.2, -0.15) is 0 Å². The molecule has 0 aliphatic heterocycles. The van der Waals surface area contributed by atoms with Gasteiger partial charge in [0.15, 0.2) is 0 Å². The van der Waals surface area contributed by atoms with Gasteiger partial charge in [-0.1, -0.05) is 61.5 Å². The van der Waals surface area contributed by atoms with Gasteiger partial charge in [0.1, 0.15) is 0 Å². The fourth-order valence-electron chi connectivity index (χ4n) is 2.59. The van der Waals surface area contributed by atoms with Gasteiger partial charge < -0.3 is 11.1 Å². The lowest BCUT2D eigenvalue weighted by atomic mass is 9.86. The third-order valence-electron chi connectivity index (χ3n) is 3.85. The van der Waals surface area contributed by atoms with Crippen LogP contribution >= 0.6 is 0 Å². The second-order valence-corrected chi connectivity index (χ2v) is 5.31. The van der Waals surface area contributed by atoms with Gasteiger partial charge in [-0.05, 0) is 23.6 Å². The van der Waals surface area contributed by atoms with E-state index in [-0.39, 0.29) is 24.4 Å². The van der Waals surface area contributed by atoms with Gasteiger partial charge in [0, 0.05) is 5.92 Å². The minimum Gasteiger partial charge on any atom is -0.348 e. The highest BCUT2D eigenvalue weighted by Gasteiger charge is 2.23. The van der Waals surface area contributed by atoms with Crippen molar-refractivity contribution >= 4 is 5.91 Å². The molecule has 0 radical (unpaired) electrons. The molecular weight excluding hydrogens is 260 g/mol. The van der Waals surface area contributed by atoms with Crippen molar-refractivity contribution in [3.63, 3.8) is 0 Å². The number of nitrogens with two attached hydrogens (primary N) is 1. The molecule has 0 saturated carbocycles. The first-order valence-corrected chi connectivity index (χ1v) is 7.23. The molecule has 3 heteroatoms. The number of aryl methyl sites for hydroxylation is 1. The zero-order chi connectivity index (χ0) is 15.2. The average molecular weight is 282 g/mol. The Morgan fingerprint density at radius 1 is 1.10 bits per heavy atom. The van der Waals surface area contributed by atoms with E-state index in [1.807, 2.05) is 30.3 Å². The van der Waals surface area contributed by atoms with E-state index in [4.69, 9.17) is 5.73 Å². The van der Waals surface area contributed by atoms with Crippen LogP contribution in [0.4, 0.5) is 0 Å². The van der Waals surface area contributed by atoms with Crippen LogP contribution in [0, 0.1) is 6.92 Å². The summed E-state index contributed by atoms with van der Waals surface area (Å²) in [6, 6.07) is 18.3. The lowest BCUT2D eigenvalue weighted by Crippen LogP contribution is -2.36. The maximum absolute atomic E-state index is 11.8. The number of benzene rings is 2. The number of nitrogens with one attached hydrogen (secondary N) is 1. The standard InChI is InChI=1S/C18H22N2O/c1-13-8-6-7-11-16(13)18(20-17(21)12-19)14(2)15-9-4-3-5-10-15/h3-11,14,18H,12,19H2,1-2H3,(H,20,21). The number of hydrogen-bond acceptors (Lipinski definition) is 2. The summed E-state index contributed by atoms with van der Waals surface area (Å²) in [6.07, 6.45) is 0. The summed E-state index contributed by atoms with van der Waals surface area (Å²) in [4.78, 5) is 11.8.